The van der Waals surface area contributed by atoms with Crippen LogP contribution in [-0.2, 0) is 17.8 Å². The molecule has 1 aliphatic heterocycles. The summed E-state index contributed by atoms with van der Waals surface area (Å²) in [5, 5.41) is 3.93. The van der Waals surface area contributed by atoms with Crippen molar-refractivity contribution in [2.75, 3.05) is 31.1 Å². The van der Waals surface area contributed by atoms with E-state index >= 15 is 0 Å². The van der Waals surface area contributed by atoms with Crippen molar-refractivity contribution >= 4 is 11.7 Å². The number of hydrogen-bond acceptors (Lipinski definition) is 7. The van der Waals surface area contributed by atoms with Crippen LogP contribution in [0.15, 0.2) is 47.4 Å². The van der Waals surface area contributed by atoms with Gasteiger partial charge >= 0.3 is 0 Å². The number of nitrogens with zero attached hydrogens (tertiary/aromatic N) is 5. The lowest BCUT2D eigenvalue weighted by Gasteiger charge is -2.35. The van der Waals surface area contributed by atoms with Crippen molar-refractivity contribution < 1.29 is 14.1 Å². The van der Waals surface area contributed by atoms with Gasteiger partial charge in [-0.25, -0.2) is 4.98 Å². The first-order chi connectivity index (χ1) is 14.6. The molecule has 0 unspecified atom stereocenters. The number of rotatable bonds is 6. The molecule has 3 aromatic rings. The van der Waals surface area contributed by atoms with E-state index in [1.165, 1.54) is 0 Å². The maximum absolute atomic E-state index is 12.7. The zero-order valence-corrected chi connectivity index (χ0v) is 17.2. The largest absolute Gasteiger partial charge is 0.489 e. The standard InChI is InChI=1S/C22H25N5O3/c1-16-20(17(2)30-25-16)15-29-19-5-3-18(4-6-19)13-22(28)27-11-9-26(10-12-27)21-14-23-7-8-24-21/h3-8,14H,9-13,15H2,1-2H3. The van der Waals surface area contributed by atoms with E-state index in [0.29, 0.717) is 26.1 Å². The van der Waals surface area contributed by atoms with Crippen LogP contribution < -0.4 is 9.64 Å². The topological polar surface area (TPSA) is 84.6 Å². The van der Waals surface area contributed by atoms with Gasteiger partial charge < -0.3 is 19.1 Å². The predicted octanol–water partition coefficient (Wildman–Crippen LogP) is 2.55. The number of piperazine rings is 1. The lowest BCUT2D eigenvalue weighted by Crippen LogP contribution is -2.49. The molecule has 8 nitrogen and oxygen atoms in total. The minimum Gasteiger partial charge on any atom is -0.489 e. The predicted molar refractivity (Wildman–Crippen MR) is 111 cm³/mol. The van der Waals surface area contributed by atoms with Crippen molar-refractivity contribution in [3.8, 4) is 5.75 Å². The van der Waals surface area contributed by atoms with E-state index < -0.39 is 0 Å². The van der Waals surface area contributed by atoms with Crippen LogP contribution in [0, 0.1) is 13.8 Å². The average Bonchev–Trinajstić information content (AvgIpc) is 3.11. The van der Waals surface area contributed by atoms with Crippen LogP contribution in [0.4, 0.5) is 5.82 Å². The second-order valence-electron chi connectivity index (χ2n) is 7.34. The molecule has 0 N–H and O–H groups in total. The van der Waals surface area contributed by atoms with Gasteiger partial charge in [0.15, 0.2) is 0 Å². The molecule has 156 valence electrons. The van der Waals surface area contributed by atoms with Crippen LogP contribution in [0.2, 0.25) is 0 Å². The molecule has 1 amide bonds. The van der Waals surface area contributed by atoms with Crippen LogP contribution in [0.25, 0.3) is 0 Å². The van der Waals surface area contributed by atoms with Gasteiger partial charge in [0.25, 0.3) is 0 Å². The Morgan fingerprint density at radius 1 is 1.10 bits per heavy atom. The van der Waals surface area contributed by atoms with Gasteiger partial charge in [-0.15, -0.1) is 0 Å². The van der Waals surface area contributed by atoms with E-state index in [-0.39, 0.29) is 5.91 Å². The number of benzene rings is 1. The molecule has 3 heterocycles. The zero-order chi connectivity index (χ0) is 20.9. The normalized spacial score (nSPS) is 14.1. The van der Waals surface area contributed by atoms with E-state index in [4.69, 9.17) is 9.26 Å². The Morgan fingerprint density at radius 3 is 2.50 bits per heavy atom. The first-order valence-electron chi connectivity index (χ1n) is 10.0. The van der Waals surface area contributed by atoms with Gasteiger partial charge in [0, 0.05) is 38.6 Å². The van der Waals surface area contributed by atoms with Crippen LogP contribution in [0.3, 0.4) is 0 Å². The molecule has 0 radical (unpaired) electrons. The fourth-order valence-corrected chi connectivity index (χ4v) is 3.49. The molecule has 8 heteroatoms. The van der Waals surface area contributed by atoms with Crippen molar-refractivity contribution in [3.05, 3.63) is 65.4 Å². The number of carbonyl (C=O) groups is 1. The lowest BCUT2D eigenvalue weighted by atomic mass is 10.1. The summed E-state index contributed by atoms with van der Waals surface area (Å²) < 4.78 is 11.0. The van der Waals surface area contributed by atoms with Crippen molar-refractivity contribution in [2.24, 2.45) is 0 Å². The molecular weight excluding hydrogens is 382 g/mol. The monoisotopic (exact) mass is 407 g/mol. The third kappa shape index (κ3) is 4.59. The van der Waals surface area contributed by atoms with E-state index in [0.717, 1.165) is 47.2 Å². The zero-order valence-electron chi connectivity index (χ0n) is 17.2. The van der Waals surface area contributed by atoms with Crippen molar-refractivity contribution in [1.29, 1.82) is 0 Å². The average molecular weight is 407 g/mol. The quantitative estimate of drug-likeness (QED) is 0.621. The van der Waals surface area contributed by atoms with Gasteiger partial charge in [-0.05, 0) is 31.5 Å². The summed E-state index contributed by atoms with van der Waals surface area (Å²) >= 11 is 0. The Morgan fingerprint density at radius 2 is 1.87 bits per heavy atom. The molecule has 0 saturated carbocycles. The highest BCUT2D eigenvalue weighted by Gasteiger charge is 2.22. The molecular formula is C22H25N5O3. The minimum absolute atomic E-state index is 0.137. The van der Waals surface area contributed by atoms with Crippen LogP contribution in [0.1, 0.15) is 22.6 Å². The Balaban J connectivity index is 1.27. The first kappa shape index (κ1) is 19.9. The van der Waals surface area contributed by atoms with E-state index in [2.05, 4.69) is 20.0 Å². The minimum atomic E-state index is 0.137. The Labute approximate surface area is 175 Å². The molecule has 0 aliphatic carbocycles. The molecule has 30 heavy (non-hydrogen) atoms. The molecule has 1 aromatic carbocycles. The highest BCUT2D eigenvalue weighted by molar-refractivity contribution is 5.79. The number of amides is 1. The lowest BCUT2D eigenvalue weighted by molar-refractivity contribution is -0.130. The fourth-order valence-electron chi connectivity index (χ4n) is 3.49. The third-order valence-electron chi connectivity index (χ3n) is 5.35. The number of aromatic nitrogens is 3. The summed E-state index contributed by atoms with van der Waals surface area (Å²) in [4.78, 5) is 25.2. The molecule has 0 bridgehead atoms. The van der Waals surface area contributed by atoms with Gasteiger partial charge in [-0.1, -0.05) is 17.3 Å². The number of anilines is 1. The molecule has 4 rings (SSSR count). The van der Waals surface area contributed by atoms with Gasteiger partial charge in [0.1, 0.15) is 23.9 Å². The molecule has 1 saturated heterocycles. The molecule has 1 fully saturated rings. The fraction of sp³-hybridized carbons (Fsp3) is 0.364. The number of ether oxygens (including phenoxy) is 1. The van der Waals surface area contributed by atoms with Gasteiger partial charge in [0.2, 0.25) is 5.91 Å². The second-order valence-corrected chi connectivity index (χ2v) is 7.34. The van der Waals surface area contributed by atoms with Crippen LogP contribution >= 0.6 is 0 Å². The van der Waals surface area contributed by atoms with E-state index in [9.17, 15) is 4.79 Å². The second kappa shape index (κ2) is 8.94. The molecule has 0 spiro atoms. The Bertz CT molecular complexity index is 960. The maximum atomic E-state index is 12.7. The van der Waals surface area contributed by atoms with Gasteiger partial charge in [-0.3, -0.25) is 9.78 Å². The highest BCUT2D eigenvalue weighted by Crippen LogP contribution is 2.19. The van der Waals surface area contributed by atoms with Crippen molar-refractivity contribution in [3.63, 3.8) is 0 Å². The van der Waals surface area contributed by atoms with E-state index in [1.807, 2.05) is 43.0 Å². The first-order valence-corrected chi connectivity index (χ1v) is 10.0. The van der Waals surface area contributed by atoms with Gasteiger partial charge in [-0.2, -0.15) is 0 Å². The highest BCUT2D eigenvalue weighted by atomic mass is 16.5. The molecule has 1 aliphatic rings. The summed E-state index contributed by atoms with van der Waals surface area (Å²) in [7, 11) is 0. The molecule has 0 atom stereocenters. The van der Waals surface area contributed by atoms with Gasteiger partial charge in [0.05, 0.1) is 23.9 Å². The van der Waals surface area contributed by atoms with Crippen molar-refractivity contribution in [1.82, 2.24) is 20.0 Å². The summed E-state index contributed by atoms with van der Waals surface area (Å²) in [6, 6.07) is 7.67. The third-order valence-corrected chi connectivity index (χ3v) is 5.35. The summed E-state index contributed by atoms with van der Waals surface area (Å²) in [5.74, 6) is 2.52. The summed E-state index contributed by atoms with van der Waals surface area (Å²) in [5.41, 5.74) is 2.78. The number of hydrogen-bond donors (Lipinski definition) is 0. The number of aryl methyl sites for hydroxylation is 2. The maximum Gasteiger partial charge on any atom is 0.227 e. The van der Waals surface area contributed by atoms with Crippen LogP contribution in [0.5, 0.6) is 5.75 Å². The Kier molecular flexibility index (Phi) is 5.92. The number of carbonyl (C=O) groups excluding carboxylic acids is 1. The van der Waals surface area contributed by atoms with E-state index in [1.54, 1.807) is 18.6 Å². The Hall–Kier alpha value is -3.42. The summed E-state index contributed by atoms with van der Waals surface area (Å²) in [6.45, 7) is 7.09. The van der Waals surface area contributed by atoms with Crippen molar-refractivity contribution in [2.45, 2.75) is 26.9 Å². The van der Waals surface area contributed by atoms with Crippen LogP contribution in [-0.4, -0.2) is 52.1 Å². The SMILES string of the molecule is Cc1noc(C)c1COc1ccc(CC(=O)N2CCN(c3cnccn3)CC2)cc1. The summed E-state index contributed by atoms with van der Waals surface area (Å²) in [6.07, 6.45) is 5.49. The smallest absolute Gasteiger partial charge is 0.227 e. The molecule has 2 aromatic heterocycles.